The molecular weight excluding hydrogens is 512 g/mol. The van der Waals surface area contributed by atoms with Crippen molar-refractivity contribution in [1.29, 1.82) is 0 Å². The molecule has 2 amide bonds. The molecule has 2 saturated heterocycles. The van der Waals surface area contributed by atoms with E-state index in [1.807, 2.05) is 11.8 Å². The molecule has 8 heteroatoms. The highest BCUT2D eigenvalue weighted by atomic mass is 32.2. The minimum Gasteiger partial charge on any atom is -0.465 e. The van der Waals surface area contributed by atoms with Crippen molar-refractivity contribution in [2.75, 3.05) is 26.3 Å². The van der Waals surface area contributed by atoms with Crippen LogP contribution in [0.1, 0.15) is 86.5 Å². The van der Waals surface area contributed by atoms with Crippen molar-refractivity contribution in [2.45, 2.75) is 108 Å². The summed E-state index contributed by atoms with van der Waals surface area (Å²) in [4.78, 5) is 46.4. The van der Waals surface area contributed by atoms with Gasteiger partial charge in [0.05, 0.1) is 23.2 Å². The zero-order valence-electron chi connectivity index (χ0n) is 24.7. The second-order valence-electron chi connectivity index (χ2n) is 13.8. The van der Waals surface area contributed by atoms with Crippen molar-refractivity contribution < 1.29 is 24.2 Å². The van der Waals surface area contributed by atoms with Crippen molar-refractivity contribution >= 4 is 29.5 Å². The number of cyclic esters (lactones) is 1. The van der Waals surface area contributed by atoms with Crippen LogP contribution in [0.2, 0.25) is 0 Å². The van der Waals surface area contributed by atoms with E-state index < -0.39 is 32.9 Å². The third kappa shape index (κ3) is 5.70. The Morgan fingerprint density at radius 2 is 1.72 bits per heavy atom. The number of hydrogen-bond acceptors (Lipinski definition) is 6. The van der Waals surface area contributed by atoms with E-state index in [2.05, 4.69) is 58.9 Å². The lowest BCUT2D eigenvalue weighted by Crippen LogP contribution is -2.58. The topological polar surface area (TPSA) is 87.2 Å². The minimum absolute atomic E-state index is 0.0198. The number of amides is 2. The van der Waals surface area contributed by atoms with Crippen LogP contribution in [0.25, 0.3) is 0 Å². The predicted molar refractivity (Wildman–Crippen MR) is 155 cm³/mol. The molecule has 0 saturated carbocycles. The van der Waals surface area contributed by atoms with Gasteiger partial charge in [-0.3, -0.25) is 14.4 Å². The fourth-order valence-corrected chi connectivity index (χ4v) is 9.71. The number of likely N-dealkylation sites (tertiary alicyclic amines) is 1. The summed E-state index contributed by atoms with van der Waals surface area (Å²) in [6.07, 6.45) is 14.0. The SMILES string of the molecule is CC(C)(C)CC(C)(C)N1CC=C[C@]23S[C@]4(C)/C=C\CCCOC(=O)[C@@H]4[C@H]2C(=O)N(CCCCCCO)C3C1=O. The van der Waals surface area contributed by atoms with Gasteiger partial charge in [0.25, 0.3) is 0 Å². The molecule has 2 fully saturated rings. The van der Waals surface area contributed by atoms with Crippen molar-refractivity contribution in [3.63, 3.8) is 0 Å². The predicted octanol–water partition coefficient (Wildman–Crippen LogP) is 4.73. The lowest BCUT2D eigenvalue weighted by Gasteiger charge is -2.44. The first kappa shape index (κ1) is 30.2. The lowest BCUT2D eigenvalue weighted by atomic mass is 9.74. The van der Waals surface area contributed by atoms with E-state index in [4.69, 9.17) is 4.74 Å². The average Bonchev–Trinajstić information content (AvgIpc) is 3.16. The highest BCUT2D eigenvalue weighted by Gasteiger charge is 2.74. The highest BCUT2D eigenvalue weighted by Crippen LogP contribution is 2.65. The molecule has 4 aliphatic rings. The molecule has 4 aliphatic heterocycles. The van der Waals surface area contributed by atoms with Crippen LogP contribution in [-0.4, -0.2) is 80.1 Å². The number of esters is 1. The molecule has 0 radical (unpaired) electrons. The number of hydrogen-bond donors (Lipinski definition) is 1. The maximum absolute atomic E-state index is 14.7. The highest BCUT2D eigenvalue weighted by molar-refractivity contribution is 8.02. The fourth-order valence-electron chi connectivity index (χ4n) is 7.56. The van der Waals surface area contributed by atoms with Crippen LogP contribution in [0.15, 0.2) is 24.3 Å². The Balaban J connectivity index is 1.78. The van der Waals surface area contributed by atoms with Crippen molar-refractivity contribution in [1.82, 2.24) is 9.80 Å². The van der Waals surface area contributed by atoms with Gasteiger partial charge in [0.1, 0.15) is 6.04 Å². The van der Waals surface area contributed by atoms with Gasteiger partial charge < -0.3 is 19.6 Å². The molecule has 5 atom stereocenters. The summed E-state index contributed by atoms with van der Waals surface area (Å²) in [6, 6.07) is -0.677. The fraction of sp³-hybridized carbons (Fsp3) is 0.774. The number of aliphatic hydroxyl groups is 1. The van der Waals surface area contributed by atoms with Crippen LogP contribution in [-0.2, 0) is 19.1 Å². The first-order valence-corrected chi connectivity index (χ1v) is 15.5. The van der Waals surface area contributed by atoms with E-state index in [-0.39, 0.29) is 29.8 Å². The number of thioether (sulfide) groups is 1. The second kappa shape index (κ2) is 11.2. The Labute approximate surface area is 238 Å². The zero-order chi connectivity index (χ0) is 28.6. The van der Waals surface area contributed by atoms with Crippen LogP contribution in [0.5, 0.6) is 0 Å². The second-order valence-corrected chi connectivity index (χ2v) is 15.6. The Kier molecular flexibility index (Phi) is 8.69. The van der Waals surface area contributed by atoms with E-state index >= 15 is 0 Å². The zero-order valence-corrected chi connectivity index (χ0v) is 25.5. The van der Waals surface area contributed by atoms with Crippen molar-refractivity contribution in [3.05, 3.63) is 24.3 Å². The summed E-state index contributed by atoms with van der Waals surface area (Å²) in [7, 11) is 0. The summed E-state index contributed by atoms with van der Waals surface area (Å²) in [6.45, 7) is 14.3. The number of aliphatic hydroxyl groups excluding tert-OH is 1. The van der Waals surface area contributed by atoms with E-state index in [1.165, 1.54) is 0 Å². The Hall–Kier alpha value is -1.80. The number of carbonyl (C=O) groups excluding carboxylic acids is 3. The Bertz CT molecular complexity index is 1020. The quantitative estimate of drug-likeness (QED) is 0.262. The van der Waals surface area contributed by atoms with Gasteiger partial charge in [-0.15, -0.1) is 11.8 Å². The molecule has 39 heavy (non-hydrogen) atoms. The first-order valence-electron chi connectivity index (χ1n) is 14.7. The minimum atomic E-state index is -0.839. The lowest BCUT2D eigenvalue weighted by molar-refractivity contribution is -0.154. The van der Waals surface area contributed by atoms with Crippen LogP contribution >= 0.6 is 11.8 Å². The third-order valence-electron chi connectivity index (χ3n) is 8.75. The molecule has 218 valence electrons. The van der Waals surface area contributed by atoms with E-state index in [9.17, 15) is 19.5 Å². The Morgan fingerprint density at radius 3 is 2.41 bits per heavy atom. The third-order valence-corrected chi connectivity index (χ3v) is 10.5. The number of rotatable bonds is 8. The molecule has 0 aromatic rings. The number of carbonyl (C=O) groups is 3. The number of unbranched alkanes of at least 4 members (excludes halogenated alkanes) is 3. The molecule has 1 spiro atoms. The molecule has 4 rings (SSSR count). The van der Waals surface area contributed by atoms with Crippen molar-refractivity contribution in [2.24, 2.45) is 17.3 Å². The van der Waals surface area contributed by atoms with Gasteiger partial charge in [-0.25, -0.2) is 0 Å². The van der Waals surface area contributed by atoms with Gasteiger partial charge in [-0.2, -0.15) is 0 Å². The van der Waals surface area contributed by atoms with E-state index in [1.54, 1.807) is 16.7 Å². The average molecular weight is 561 g/mol. The van der Waals surface area contributed by atoms with Crippen molar-refractivity contribution in [3.8, 4) is 0 Å². The number of nitrogens with zero attached hydrogens (tertiary/aromatic N) is 2. The molecule has 0 bridgehead atoms. The molecule has 1 N–H and O–H groups in total. The van der Waals surface area contributed by atoms with E-state index in [0.717, 1.165) is 44.9 Å². The summed E-state index contributed by atoms with van der Waals surface area (Å²) in [5.41, 5.74) is -0.392. The smallest absolute Gasteiger partial charge is 0.311 e. The van der Waals surface area contributed by atoms with Gasteiger partial charge in [0.15, 0.2) is 0 Å². The molecule has 0 aliphatic carbocycles. The Morgan fingerprint density at radius 1 is 1.00 bits per heavy atom. The normalized spacial score (nSPS) is 34.0. The van der Waals surface area contributed by atoms with Gasteiger partial charge in [0, 0.05) is 30.0 Å². The molecule has 4 heterocycles. The molecule has 7 nitrogen and oxygen atoms in total. The standard InChI is InChI=1S/C31H48N2O5S/c1-28(2,3)21-29(4,5)33-18-14-16-31-22(23-27(37)38-20-13-9-10-15-30(23,6)39-31)25(35)32(24(31)26(33)36)17-11-7-8-12-19-34/h10,14-16,22-24,34H,7-9,11-13,17-21H2,1-6H3/b15-10-/t22-,23-,24?,30+,31-/m0/s1. The molecule has 0 aromatic carbocycles. The maximum atomic E-state index is 14.7. The number of allylic oxidation sites excluding steroid dienone is 1. The van der Waals surface area contributed by atoms with Crippen LogP contribution in [0, 0.1) is 17.3 Å². The van der Waals surface area contributed by atoms with E-state index in [0.29, 0.717) is 19.7 Å². The van der Waals surface area contributed by atoms with Gasteiger partial charge >= 0.3 is 5.97 Å². The summed E-state index contributed by atoms with van der Waals surface area (Å²) >= 11 is 1.61. The molecule has 1 unspecified atom stereocenters. The van der Waals surface area contributed by atoms with Gasteiger partial charge in [-0.05, 0) is 58.3 Å². The van der Waals surface area contributed by atoms with Crippen LogP contribution in [0.4, 0.5) is 0 Å². The molecule has 0 aromatic heterocycles. The number of fused-ring (bicyclic) bond motifs is 2. The maximum Gasteiger partial charge on any atom is 0.311 e. The largest absolute Gasteiger partial charge is 0.465 e. The van der Waals surface area contributed by atoms with Crippen LogP contribution < -0.4 is 0 Å². The first-order chi connectivity index (χ1) is 18.3. The summed E-state index contributed by atoms with van der Waals surface area (Å²) < 4.78 is 4.23. The van der Waals surface area contributed by atoms with Gasteiger partial charge in [0.2, 0.25) is 11.8 Å². The monoisotopic (exact) mass is 560 g/mol. The molecular formula is C31H48N2O5S. The summed E-state index contributed by atoms with van der Waals surface area (Å²) in [5, 5.41) is 9.18. The van der Waals surface area contributed by atoms with Crippen LogP contribution in [0.3, 0.4) is 0 Å². The summed E-state index contributed by atoms with van der Waals surface area (Å²) in [5.74, 6) is -1.78. The number of ether oxygens (including phenoxy) is 1. The van der Waals surface area contributed by atoms with Gasteiger partial charge in [-0.1, -0.05) is 57.9 Å².